The molecule has 0 N–H and O–H groups in total. The van der Waals surface area contributed by atoms with Gasteiger partial charge in [-0.2, -0.15) is 0 Å². The van der Waals surface area contributed by atoms with Crippen LogP contribution in [-0.4, -0.2) is 18.5 Å². The van der Waals surface area contributed by atoms with Gasteiger partial charge in [0, 0.05) is 18.4 Å². The molecule has 2 heteroatoms. The van der Waals surface area contributed by atoms with Crippen LogP contribution in [0.3, 0.4) is 0 Å². The summed E-state index contributed by atoms with van der Waals surface area (Å²) in [5.41, 5.74) is 0.0437. The number of ether oxygens (including phenoxy) is 2. The molecule has 0 spiro atoms. The van der Waals surface area contributed by atoms with Crippen LogP contribution in [0, 0.1) is 11.8 Å². The first-order valence-corrected chi connectivity index (χ1v) is 6.27. The van der Waals surface area contributed by atoms with Crippen LogP contribution in [0.4, 0.5) is 0 Å². The summed E-state index contributed by atoms with van der Waals surface area (Å²) in [6.07, 6.45) is 10.9. The van der Waals surface area contributed by atoms with Crippen LogP contribution in [0.1, 0.15) is 39.0 Å². The Kier molecular flexibility index (Phi) is 2.37. The van der Waals surface area contributed by atoms with E-state index >= 15 is 0 Å². The second-order valence-electron chi connectivity index (χ2n) is 5.27. The highest BCUT2D eigenvalue weighted by Crippen LogP contribution is 2.50. The fourth-order valence-electron chi connectivity index (χ4n) is 3.31. The van der Waals surface area contributed by atoms with Crippen LogP contribution in [-0.2, 0) is 9.47 Å². The molecule has 3 atom stereocenters. The molecular weight excluding hydrogens is 188 g/mol. The highest BCUT2D eigenvalue weighted by Gasteiger charge is 2.50. The third-order valence-corrected chi connectivity index (χ3v) is 4.36. The Morgan fingerprint density at radius 3 is 2.40 bits per heavy atom. The van der Waals surface area contributed by atoms with Gasteiger partial charge < -0.3 is 9.47 Å². The van der Waals surface area contributed by atoms with Gasteiger partial charge in [0.1, 0.15) is 0 Å². The van der Waals surface area contributed by atoms with Crippen LogP contribution in [0.5, 0.6) is 0 Å². The van der Waals surface area contributed by atoms with E-state index in [0.717, 1.165) is 13.0 Å². The van der Waals surface area contributed by atoms with Gasteiger partial charge in [0.15, 0.2) is 6.29 Å². The Hall–Kier alpha value is -0.340. The van der Waals surface area contributed by atoms with E-state index in [9.17, 15) is 0 Å². The fraction of sp³-hybridized carbons (Fsp3) is 0.846. The van der Waals surface area contributed by atoms with Gasteiger partial charge in [-0.15, -0.1) is 0 Å². The molecule has 1 heterocycles. The topological polar surface area (TPSA) is 18.5 Å². The molecule has 0 aromatic heterocycles. The Labute approximate surface area is 91.6 Å². The van der Waals surface area contributed by atoms with Gasteiger partial charge in [-0.3, -0.25) is 0 Å². The summed E-state index contributed by atoms with van der Waals surface area (Å²) in [5.74, 6) is 1.26. The molecule has 2 fully saturated rings. The quantitative estimate of drug-likeness (QED) is 0.650. The van der Waals surface area contributed by atoms with Gasteiger partial charge in [0.2, 0.25) is 0 Å². The van der Waals surface area contributed by atoms with E-state index in [-0.39, 0.29) is 11.9 Å². The van der Waals surface area contributed by atoms with Crippen molar-refractivity contribution in [3.05, 3.63) is 12.2 Å². The summed E-state index contributed by atoms with van der Waals surface area (Å²) in [6.45, 7) is 3.15. The summed E-state index contributed by atoms with van der Waals surface area (Å²) in [6, 6.07) is 0. The SMILES string of the molecule is CC1(OC2CCCCO2)C2C=CC1CC2. The Balaban J connectivity index is 1.67. The molecule has 1 aliphatic heterocycles. The predicted molar refractivity (Wildman–Crippen MR) is 58.4 cm³/mol. The van der Waals surface area contributed by atoms with E-state index in [1.165, 1.54) is 25.7 Å². The van der Waals surface area contributed by atoms with Crippen molar-refractivity contribution in [1.29, 1.82) is 0 Å². The minimum Gasteiger partial charge on any atom is -0.353 e. The van der Waals surface area contributed by atoms with Gasteiger partial charge in [-0.1, -0.05) is 12.2 Å². The smallest absolute Gasteiger partial charge is 0.158 e. The molecule has 2 bridgehead atoms. The Morgan fingerprint density at radius 2 is 1.87 bits per heavy atom. The van der Waals surface area contributed by atoms with Crippen molar-refractivity contribution in [2.75, 3.05) is 6.61 Å². The lowest BCUT2D eigenvalue weighted by atomic mass is 9.92. The number of rotatable bonds is 2. The van der Waals surface area contributed by atoms with Crippen LogP contribution in [0.15, 0.2) is 12.2 Å². The van der Waals surface area contributed by atoms with Crippen molar-refractivity contribution in [2.45, 2.75) is 50.9 Å². The lowest BCUT2D eigenvalue weighted by Gasteiger charge is -2.36. The van der Waals surface area contributed by atoms with E-state index in [1.807, 2.05) is 0 Å². The molecule has 3 aliphatic rings. The highest BCUT2D eigenvalue weighted by molar-refractivity contribution is 5.19. The van der Waals surface area contributed by atoms with Crippen molar-refractivity contribution in [2.24, 2.45) is 11.8 Å². The van der Waals surface area contributed by atoms with E-state index in [0.29, 0.717) is 11.8 Å². The first-order chi connectivity index (χ1) is 7.29. The maximum atomic E-state index is 6.24. The Bertz CT molecular complexity index is 252. The average Bonchev–Trinajstić information content (AvgIpc) is 2.73. The summed E-state index contributed by atoms with van der Waals surface area (Å²) in [7, 11) is 0. The van der Waals surface area contributed by atoms with Crippen LogP contribution in [0.25, 0.3) is 0 Å². The zero-order valence-corrected chi connectivity index (χ0v) is 9.45. The monoisotopic (exact) mass is 208 g/mol. The van der Waals surface area contributed by atoms with Crippen LogP contribution >= 0.6 is 0 Å². The predicted octanol–water partition coefficient (Wildman–Crippen LogP) is 2.88. The number of fused-ring (bicyclic) bond motifs is 2. The molecule has 2 aliphatic carbocycles. The standard InChI is InChI=1S/C13H20O2/c1-13(10-5-6-11(13)8-7-10)15-12-4-2-3-9-14-12/h5-6,10-12H,2-4,7-9H2,1H3. The summed E-state index contributed by atoms with van der Waals surface area (Å²) in [5, 5.41) is 0. The van der Waals surface area contributed by atoms with Gasteiger partial charge in [-0.25, -0.2) is 0 Å². The van der Waals surface area contributed by atoms with Crippen LogP contribution < -0.4 is 0 Å². The molecule has 3 rings (SSSR count). The largest absolute Gasteiger partial charge is 0.353 e. The molecular formula is C13H20O2. The van der Waals surface area contributed by atoms with Crippen molar-refractivity contribution >= 4 is 0 Å². The van der Waals surface area contributed by atoms with E-state index < -0.39 is 0 Å². The second-order valence-corrected chi connectivity index (χ2v) is 5.27. The zero-order chi connectivity index (χ0) is 10.3. The lowest BCUT2D eigenvalue weighted by molar-refractivity contribution is -0.230. The third-order valence-electron chi connectivity index (χ3n) is 4.36. The average molecular weight is 208 g/mol. The van der Waals surface area contributed by atoms with E-state index in [4.69, 9.17) is 9.47 Å². The molecule has 2 nitrogen and oxygen atoms in total. The van der Waals surface area contributed by atoms with Crippen molar-refractivity contribution < 1.29 is 9.47 Å². The van der Waals surface area contributed by atoms with Crippen molar-refractivity contribution in [1.82, 2.24) is 0 Å². The summed E-state index contributed by atoms with van der Waals surface area (Å²) >= 11 is 0. The molecule has 1 saturated heterocycles. The first-order valence-electron chi connectivity index (χ1n) is 6.27. The maximum Gasteiger partial charge on any atom is 0.158 e. The number of hydrogen-bond acceptors (Lipinski definition) is 2. The third kappa shape index (κ3) is 1.55. The highest BCUT2D eigenvalue weighted by atomic mass is 16.7. The summed E-state index contributed by atoms with van der Waals surface area (Å²) < 4.78 is 11.9. The molecule has 15 heavy (non-hydrogen) atoms. The molecule has 3 unspecified atom stereocenters. The minimum absolute atomic E-state index is 0.0437. The molecule has 0 radical (unpaired) electrons. The van der Waals surface area contributed by atoms with Crippen molar-refractivity contribution in [3.63, 3.8) is 0 Å². The van der Waals surface area contributed by atoms with Gasteiger partial charge in [0.05, 0.1) is 5.60 Å². The van der Waals surface area contributed by atoms with Crippen molar-refractivity contribution in [3.8, 4) is 0 Å². The van der Waals surface area contributed by atoms with Crippen LogP contribution in [0.2, 0.25) is 0 Å². The van der Waals surface area contributed by atoms with E-state index in [1.54, 1.807) is 0 Å². The molecule has 0 aromatic carbocycles. The lowest BCUT2D eigenvalue weighted by Crippen LogP contribution is -2.40. The van der Waals surface area contributed by atoms with Gasteiger partial charge in [-0.05, 0) is 39.0 Å². The summed E-state index contributed by atoms with van der Waals surface area (Å²) in [4.78, 5) is 0. The normalized spacial score (nSPS) is 48.7. The fourth-order valence-corrected chi connectivity index (χ4v) is 3.31. The molecule has 1 saturated carbocycles. The number of hydrogen-bond donors (Lipinski definition) is 0. The Morgan fingerprint density at radius 1 is 1.13 bits per heavy atom. The van der Waals surface area contributed by atoms with Gasteiger partial charge >= 0.3 is 0 Å². The second kappa shape index (κ2) is 3.60. The molecule has 0 amide bonds. The zero-order valence-electron chi connectivity index (χ0n) is 9.45. The molecule has 0 aromatic rings. The van der Waals surface area contributed by atoms with Gasteiger partial charge in [0.25, 0.3) is 0 Å². The van der Waals surface area contributed by atoms with E-state index in [2.05, 4.69) is 19.1 Å². The maximum absolute atomic E-state index is 6.24. The minimum atomic E-state index is 0.0437. The first kappa shape index (κ1) is 9.86. The molecule has 84 valence electrons.